The summed E-state index contributed by atoms with van der Waals surface area (Å²) in [4.78, 5) is 12.4. The van der Waals surface area contributed by atoms with E-state index < -0.39 is 23.7 Å². The number of carbonyl (C=O) groups is 1. The second kappa shape index (κ2) is 8.08. The zero-order chi connectivity index (χ0) is 21.2. The van der Waals surface area contributed by atoms with E-state index in [0.717, 1.165) is 38.5 Å². The fourth-order valence-corrected chi connectivity index (χ4v) is 3.39. The monoisotopic (exact) mass is 419 g/mol. The molecule has 4 nitrogen and oxygen atoms in total. The molecule has 3 rings (SSSR count). The molecule has 29 heavy (non-hydrogen) atoms. The summed E-state index contributed by atoms with van der Waals surface area (Å²) in [6.45, 7) is 0. The van der Waals surface area contributed by atoms with Crippen molar-refractivity contribution in [3.8, 4) is 5.69 Å². The number of benzene rings is 1. The smallest absolute Gasteiger partial charge is 0.326 e. The second-order valence-electron chi connectivity index (χ2n) is 7.05. The first-order valence-electron chi connectivity index (χ1n) is 9.21. The van der Waals surface area contributed by atoms with Crippen LogP contribution in [-0.4, -0.2) is 15.7 Å². The lowest BCUT2D eigenvalue weighted by atomic mass is 9.99. The standard InChI is InChI=1S/C19H19F6N3O/c20-18(21,22)15-11-16(19(23,24)25)28(27-15)14-9-7-13(8-10-14)26-17(29)12-5-3-1-2-4-6-12/h7-12H,1-6H2,(H,26,29). The summed E-state index contributed by atoms with van der Waals surface area (Å²) in [5.41, 5.74) is -2.99. The molecule has 1 fully saturated rings. The quantitative estimate of drug-likeness (QED) is 0.504. The topological polar surface area (TPSA) is 46.9 Å². The Bertz CT molecular complexity index is 846. The third kappa shape index (κ3) is 5.10. The molecule has 0 radical (unpaired) electrons. The lowest BCUT2D eigenvalue weighted by Crippen LogP contribution is -2.22. The molecular formula is C19H19F6N3O. The van der Waals surface area contributed by atoms with Crippen LogP contribution in [0, 0.1) is 5.92 Å². The maximum Gasteiger partial charge on any atom is 0.435 e. The maximum absolute atomic E-state index is 13.1. The van der Waals surface area contributed by atoms with Gasteiger partial charge in [-0.1, -0.05) is 25.7 Å². The molecule has 1 heterocycles. The molecule has 158 valence electrons. The largest absolute Gasteiger partial charge is 0.435 e. The summed E-state index contributed by atoms with van der Waals surface area (Å²) >= 11 is 0. The second-order valence-corrected chi connectivity index (χ2v) is 7.05. The Balaban J connectivity index is 1.81. The van der Waals surface area contributed by atoms with E-state index in [0.29, 0.717) is 5.69 Å². The van der Waals surface area contributed by atoms with Crippen LogP contribution < -0.4 is 5.32 Å². The molecule has 1 aliphatic carbocycles. The van der Waals surface area contributed by atoms with E-state index >= 15 is 0 Å². The van der Waals surface area contributed by atoms with Crippen LogP contribution in [0.4, 0.5) is 32.0 Å². The molecule has 1 aromatic heterocycles. The average molecular weight is 419 g/mol. The highest BCUT2D eigenvalue weighted by molar-refractivity contribution is 5.92. The summed E-state index contributed by atoms with van der Waals surface area (Å²) in [5, 5.41) is 5.80. The van der Waals surface area contributed by atoms with Crippen molar-refractivity contribution < 1.29 is 31.1 Å². The Kier molecular flexibility index (Phi) is 5.90. The number of nitrogens with zero attached hydrogens (tertiary/aromatic N) is 2. The van der Waals surface area contributed by atoms with Gasteiger partial charge in [0.05, 0.1) is 5.69 Å². The van der Waals surface area contributed by atoms with Gasteiger partial charge in [-0.2, -0.15) is 31.4 Å². The van der Waals surface area contributed by atoms with Crippen LogP contribution in [0.25, 0.3) is 5.69 Å². The zero-order valence-corrected chi connectivity index (χ0v) is 15.3. The minimum Gasteiger partial charge on any atom is -0.326 e. The van der Waals surface area contributed by atoms with Gasteiger partial charge in [-0.15, -0.1) is 0 Å². The fourth-order valence-electron chi connectivity index (χ4n) is 3.39. The van der Waals surface area contributed by atoms with Crippen LogP contribution in [0.3, 0.4) is 0 Å². The number of rotatable bonds is 3. The molecule has 0 atom stereocenters. The molecule has 0 aliphatic heterocycles. The first-order valence-corrected chi connectivity index (χ1v) is 9.21. The molecule has 0 bridgehead atoms. The number of carbonyl (C=O) groups excluding carboxylic acids is 1. The van der Waals surface area contributed by atoms with Crippen LogP contribution in [0.15, 0.2) is 30.3 Å². The van der Waals surface area contributed by atoms with Crippen molar-refractivity contribution in [3.05, 3.63) is 41.7 Å². The minimum atomic E-state index is -5.01. The first-order chi connectivity index (χ1) is 13.6. The van der Waals surface area contributed by atoms with E-state index in [4.69, 9.17) is 0 Å². The predicted octanol–water partition coefficient (Wildman–Crippen LogP) is 5.82. The Morgan fingerprint density at radius 3 is 2.03 bits per heavy atom. The molecule has 1 aliphatic rings. The van der Waals surface area contributed by atoms with Gasteiger partial charge in [0.25, 0.3) is 0 Å². The van der Waals surface area contributed by atoms with Crippen molar-refractivity contribution in [2.24, 2.45) is 5.92 Å². The van der Waals surface area contributed by atoms with E-state index in [2.05, 4.69) is 10.4 Å². The van der Waals surface area contributed by atoms with Gasteiger partial charge in [-0.25, -0.2) is 4.68 Å². The van der Waals surface area contributed by atoms with Crippen molar-refractivity contribution >= 4 is 11.6 Å². The first kappa shape index (κ1) is 21.2. The van der Waals surface area contributed by atoms with Crippen LogP contribution in [0.5, 0.6) is 0 Å². The van der Waals surface area contributed by atoms with Crippen LogP contribution in [0.1, 0.15) is 49.9 Å². The number of amides is 1. The molecule has 1 N–H and O–H groups in total. The minimum absolute atomic E-state index is 0.0260. The normalized spacial score (nSPS) is 16.5. The van der Waals surface area contributed by atoms with E-state index in [-0.39, 0.29) is 28.3 Å². The van der Waals surface area contributed by atoms with Gasteiger partial charge >= 0.3 is 12.4 Å². The molecule has 2 aromatic rings. The van der Waals surface area contributed by atoms with Crippen LogP contribution >= 0.6 is 0 Å². The Hall–Kier alpha value is -2.52. The number of anilines is 1. The zero-order valence-electron chi connectivity index (χ0n) is 15.3. The number of nitrogens with one attached hydrogen (secondary N) is 1. The van der Waals surface area contributed by atoms with Gasteiger partial charge in [-0.05, 0) is 37.1 Å². The Morgan fingerprint density at radius 1 is 0.931 bits per heavy atom. The predicted molar refractivity (Wildman–Crippen MR) is 93.4 cm³/mol. The van der Waals surface area contributed by atoms with Crippen molar-refractivity contribution in [2.75, 3.05) is 5.32 Å². The Morgan fingerprint density at radius 2 is 1.52 bits per heavy atom. The van der Waals surface area contributed by atoms with Gasteiger partial charge in [0.1, 0.15) is 5.69 Å². The molecule has 1 amide bonds. The fraction of sp³-hybridized carbons (Fsp3) is 0.474. The molecule has 0 spiro atoms. The maximum atomic E-state index is 13.1. The van der Waals surface area contributed by atoms with E-state index in [1.807, 2.05) is 0 Å². The third-order valence-corrected chi connectivity index (χ3v) is 4.90. The van der Waals surface area contributed by atoms with E-state index in [9.17, 15) is 31.1 Å². The lowest BCUT2D eigenvalue weighted by Gasteiger charge is -2.15. The third-order valence-electron chi connectivity index (χ3n) is 4.90. The lowest BCUT2D eigenvalue weighted by molar-refractivity contribution is -0.143. The van der Waals surface area contributed by atoms with Crippen molar-refractivity contribution in [1.82, 2.24) is 9.78 Å². The summed E-state index contributed by atoms with van der Waals surface area (Å²) in [6.07, 6.45) is -4.33. The van der Waals surface area contributed by atoms with Crippen molar-refractivity contribution in [3.63, 3.8) is 0 Å². The molecular weight excluding hydrogens is 400 g/mol. The highest BCUT2D eigenvalue weighted by Crippen LogP contribution is 2.36. The molecule has 0 saturated heterocycles. The van der Waals surface area contributed by atoms with Gasteiger partial charge in [0.2, 0.25) is 5.91 Å². The highest BCUT2D eigenvalue weighted by Gasteiger charge is 2.42. The average Bonchev–Trinajstić information content (AvgIpc) is 2.93. The van der Waals surface area contributed by atoms with Gasteiger partial charge in [0, 0.05) is 17.7 Å². The van der Waals surface area contributed by atoms with Crippen molar-refractivity contribution in [2.45, 2.75) is 50.9 Å². The Labute approximate surface area is 162 Å². The number of hydrogen-bond acceptors (Lipinski definition) is 2. The van der Waals surface area contributed by atoms with E-state index in [1.165, 1.54) is 24.3 Å². The number of aromatic nitrogens is 2. The molecule has 1 saturated carbocycles. The van der Waals surface area contributed by atoms with Crippen LogP contribution in [0.2, 0.25) is 0 Å². The number of hydrogen-bond donors (Lipinski definition) is 1. The SMILES string of the molecule is O=C(Nc1ccc(-n2nc(C(F)(F)F)cc2C(F)(F)F)cc1)C1CCCCCC1. The summed E-state index contributed by atoms with van der Waals surface area (Å²) in [6, 6.07) is 5.04. The van der Waals surface area contributed by atoms with Crippen molar-refractivity contribution in [1.29, 1.82) is 0 Å². The summed E-state index contributed by atoms with van der Waals surface area (Å²) in [5.74, 6) is -0.274. The van der Waals surface area contributed by atoms with Gasteiger partial charge in [-0.3, -0.25) is 4.79 Å². The van der Waals surface area contributed by atoms with E-state index in [1.54, 1.807) is 0 Å². The molecule has 1 aromatic carbocycles. The molecule has 0 unspecified atom stereocenters. The number of halogens is 6. The van der Waals surface area contributed by atoms with Gasteiger partial charge in [0.15, 0.2) is 5.69 Å². The highest BCUT2D eigenvalue weighted by atomic mass is 19.4. The summed E-state index contributed by atoms with van der Waals surface area (Å²) in [7, 11) is 0. The molecule has 10 heteroatoms. The van der Waals surface area contributed by atoms with Gasteiger partial charge < -0.3 is 5.32 Å². The summed E-state index contributed by atoms with van der Waals surface area (Å²) < 4.78 is 78.1. The van der Waals surface area contributed by atoms with Crippen LogP contribution in [-0.2, 0) is 17.1 Å². The number of alkyl halides is 6.